The number of benzene rings is 1. The number of esters is 1. The zero-order valence-electron chi connectivity index (χ0n) is 18.2. The van der Waals surface area contributed by atoms with Crippen molar-refractivity contribution in [3.8, 4) is 0 Å². The van der Waals surface area contributed by atoms with Gasteiger partial charge in [0.1, 0.15) is 0 Å². The number of aliphatic hydroxyl groups is 1. The monoisotopic (exact) mass is 422 g/mol. The standard InChI is InChI=1S/C25H39ClO3/c1-3-4-7-11-24(27)20-15-13-19(14-16-20)21-17-18-23(26)22(21)10-8-5-6-9-12-25(28)29-2/h13-16,21-24,27H,3-12,17-18H2,1-2H3/t21-,22-,23-,24?/m1/s1. The molecule has 1 saturated carbocycles. The Kier molecular flexibility index (Phi) is 11.1. The van der Waals surface area contributed by atoms with Gasteiger partial charge in [-0.1, -0.05) is 69.7 Å². The molecule has 1 aromatic rings. The van der Waals surface area contributed by atoms with Crippen LogP contribution in [0.25, 0.3) is 0 Å². The van der Waals surface area contributed by atoms with Gasteiger partial charge in [-0.25, -0.2) is 0 Å². The number of alkyl halides is 1. The summed E-state index contributed by atoms with van der Waals surface area (Å²) in [6.45, 7) is 2.19. The molecule has 2 rings (SSSR count). The van der Waals surface area contributed by atoms with Crippen molar-refractivity contribution >= 4 is 17.6 Å². The Morgan fingerprint density at radius 3 is 2.52 bits per heavy atom. The predicted octanol–water partition coefficient (Wildman–Crippen LogP) is 6.91. The Balaban J connectivity index is 1.81. The minimum atomic E-state index is -0.347. The largest absolute Gasteiger partial charge is 0.469 e. The number of unbranched alkanes of at least 4 members (excludes halogenated alkanes) is 5. The molecule has 1 aliphatic rings. The van der Waals surface area contributed by atoms with E-state index in [0.29, 0.717) is 18.3 Å². The summed E-state index contributed by atoms with van der Waals surface area (Å²) in [5, 5.41) is 10.6. The van der Waals surface area contributed by atoms with Gasteiger partial charge in [-0.05, 0) is 55.1 Å². The van der Waals surface area contributed by atoms with Gasteiger partial charge in [-0.2, -0.15) is 0 Å². The topological polar surface area (TPSA) is 46.5 Å². The van der Waals surface area contributed by atoms with E-state index in [0.717, 1.165) is 56.9 Å². The third-order valence-corrected chi connectivity index (χ3v) is 7.00. The van der Waals surface area contributed by atoms with Crippen LogP contribution in [0.1, 0.15) is 107 Å². The van der Waals surface area contributed by atoms with E-state index >= 15 is 0 Å². The molecule has 0 spiro atoms. The number of methoxy groups -OCH3 is 1. The van der Waals surface area contributed by atoms with Crippen LogP contribution in [0.15, 0.2) is 24.3 Å². The molecule has 1 N–H and O–H groups in total. The minimum absolute atomic E-state index is 0.111. The first-order valence-electron chi connectivity index (χ1n) is 11.6. The lowest BCUT2D eigenvalue weighted by molar-refractivity contribution is -0.140. The third-order valence-electron chi connectivity index (χ3n) is 6.46. The molecule has 1 unspecified atom stereocenters. The van der Waals surface area contributed by atoms with E-state index in [9.17, 15) is 9.90 Å². The first-order valence-corrected chi connectivity index (χ1v) is 12.0. The minimum Gasteiger partial charge on any atom is -0.469 e. The van der Waals surface area contributed by atoms with E-state index in [1.54, 1.807) is 0 Å². The zero-order valence-corrected chi connectivity index (χ0v) is 19.0. The number of rotatable bonds is 13. The number of hydrogen-bond donors (Lipinski definition) is 1. The molecule has 164 valence electrons. The normalized spacial score (nSPS) is 22.6. The molecule has 0 bridgehead atoms. The van der Waals surface area contributed by atoms with Crippen molar-refractivity contribution in [1.29, 1.82) is 0 Å². The number of carbonyl (C=O) groups excluding carboxylic acids is 1. The molecule has 0 amide bonds. The molecule has 0 heterocycles. The van der Waals surface area contributed by atoms with Gasteiger partial charge >= 0.3 is 5.97 Å². The molecule has 0 radical (unpaired) electrons. The van der Waals surface area contributed by atoms with E-state index < -0.39 is 0 Å². The van der Waals surface area contributed by atoms with Crippen LogP contribution < -0.4 is 0 Å². The van der Waals surface area contributed by atoms with Crippen LogP contribution in [0.4, 0.5) is 0 Å². The van der Waals surface area contributed by atoms with Crippen LogP contribution in [0.5, 0.6) is 0 Å². The predicted molar refractivity (Wildman–Crippen MR) is 120 cm³/mol. The highest BCUT2D eigenvalue weighted by Gasteiger charge is 2.35. The number of ether oxygens (including phenoxy) is 1. The average molecular weight is 423 g/mol. The van der Waals surface area contributed by atoms with Crippen molar-refractivity contribution in [2.75, 3.05) is 7.11 Å². The molecule has 3 nitrogen and oxygen atoms in total. The SMILES string of the molecule is CCCCCC(O)c1ccc([C@H]2CC[C@@H](Cl)[C@@H]2CCCCCCC(=O)OC)cc1. The van der Waals surface area contributed by atoms with Crippen molar-refractivity contribution in [2.24, 2.45) is 5.92 Å². The van der Waals surface area contributed by atoms with Crippen LogP contribution >= 0.6 is 11.6 Å². The maximum Gasteiger partial charge on any atom is 0.305 e. The Morgan fingerprint density at radius 2 is 1.83 bits per heavy atom. The fraction of sp³-hybridized carbons (Fsp3) is 0.720. The summed E-state index contributed by atoms with van der Waals surface area (Å²) >= 11 is 6.67. The third kappa shape index (κ3) is 7.94. The number of carbonyl (C=O) groups is 1. The highest BCUT2D eigenvalue weighted by Crippen LogP contribution is 2.45. The molecule has 1 aliphatic carbocycles. The second-order valence-electron chi connectivity index (χ2n) is 8.57. The summed E-state index contributed by atoms with van der Waals surface area (Å²) in [5.41, 5.74) is 2.40. The van der Waals surface area contributed by atoms with Gasteiger partial charge in [0.05, 0.1) is 13.2 Å². The average Bonchev–Trinajstić information content (AvgIpc) is 3.10. The van der Waals surface area contributed by atoms with Gasteiger partial charge in [0.15, 0.2) is 0 Å². The van der Waals surface area contributed by atoms with Crippen LogP contribution in [0.2, 0.25) is 0 Å². The summed E-state index contributed by atoms with van der Waals surface area (Å²) in [6, 6.07) is 8.64. The second-order valence-corrected chi connectivity index (χ2v) is 9.13. The van der Waals surface area contributed by atoms with Crippen molar-refractivity contribution < 1.29 is 14.6 Å². The zero-order chi connectivity index (χ0) is 21.1. The molecule has 0 saturated heterocycles. The van der Waals surface area contributed by atoms with Gasteiger partial charge < -0.3 is 9.84 Å². The van der Waals surface area contributed by atoms with Gasteiger partial charge in [0.2, 0.25) is 0 Å². The van der Waals surface area contributed by atoms with Crippen LogP contribution in [0, 0.1) is 5.92 Å². The quantitative estimate of drug-likeness (QED) is 0.213. The number of halogens is 1. The van der Waals surface area contributed by atoms with Crippen LogP contribution in [-0.4, -0.2) is 23.6 Å². The summed E-state index contributed by atoms with van der Waals surface area (Å²) in [6.07, 6.45) is 12.1. The van der Waals surface area contributed by atoms with E-state index in [-0.39, 0.29) is 17.5 Å². The molecule has 0 aliphatic heterocycles. The Hall–Kier alpha value is -1.06. The van der Waals surface area contributed by atoms with E-state index in [1.807, 2.05) is 0 Å². The maximum absolute atomic E-state index is 11.2. The van der Waals surface area contributed by atoms with Gasteiger partial charge in [-0.15, -0.1) is 11.6 Å². The molecule has 4 atom stereocenters. The van der Waals surface area contributed by atoms with Crippen molar-refractivity contribution in [2.45, 2.75) is 101 Å². The summed E-state index contributed by atoms with van der Waals surface area (Å²) in [4.78, 5) is 11.2. The van der Waals surface area contributed by atoms with Gasteiger partial charge in [0.25, 0.3) is 0 Å². The van der Waals surface area contributed by atoms with E-state index in [4.69, 9.17) is 16.3 Å². The Labute approximate surface area is 182 Å². The highest BCUT2D eigenvalue weighted by atomic mass is 35.5. The van der Waals surface area contributed by atoms with Crippen LogP contribution in [-0.2, 0) is 9.53 Å². The van der Waals surface area contributed by atoms with Gasteiger partial charge in [-0.3, -0.25) is 4.79 Å². The van der Waals surface area contributed by atoms with Crippen LogP contribution in [0.3, 0.4) is 0 Å². The van der Waals surface area contributed by atoms with Crippen molar-refractivity contribution in [1.82, 2.24) is 0 Å². The fourth-order valence-corrected chi connectivity index (χ4v) is 5.07. The van der Waals surface area contributed by atoms with E-state index in [1.165, 1.54) is 31.9 Å². The lowest BCUT2D eigenvalue weighted by Gasteiger charge is -2.23. The van der Waals surface area contributed by atoms with Crippen molar-refractivity contribution in [3.05, 3.63) is 35.4 Å². The van der Waals surface area contributed by atoms with Gasteiger partial charge in [0, 0.05) is 11.8 Å². The number of hydrogen-bond acceptors (Lipinski definition) is 3. The first-order chi connectivity index (χ1) is 14.1. The summed E-state index contributed by atoms with van der Waals surface area (Å²) < 4.78 is 4.69. The Morgan fingerprint density at radius 1 is 1.10 bits per heavy atom. The Bertz CT molecular complexity index is 586. The molecule has 0 aromatic heterocycles. The highest BCUT2D eigenvalue weighted by molar-refractivity contribution is 6.21. The second kappa shape index (κ2) is 13.3. The summed E-state index contributed by atoms with van der Waals surface area (Å²) in [5.74, 6) is 0.942. The molecule has 1 fully saturated rings. The molecular formula is C25H39ClO3. The molecule has 29 heavy (non-hydrogen) atoms. The lowest BCUT2D eigenvalue weighted by atomic mass is 9.84. The van der Waals surface area contributed by atoms with Crippen molar-refractivity contribution in [3.63, 3.8) is 0 Å². The molecular weight excluding hydrogens is 384 g/mol. The maximum atomic E-state index is 11.2. The summed E-state index contributed by atoms with van der Waals surface area (Å²) in [7, 11) is 1.45. The number of aliphatic hydroxyl groups excluding tert-OH is 1. The van der Waals surface area contributed by atoms with E-state index in [2.05, 4.69) is 31.2 Å². The fourth-order valence-electron chi connectivity index (χ4n) is 4.64. The lowest BCUT2D eigenvalue weighted by Crippen LogP contribution is -2.14. The smallest absolute Gasteiger partial charge is 0.305 e. The first kappa shape index (κ1) is 24.2. The molecule has 4 heteroatoms. The molecule has 1 aromatic carbocycles.